The van der Waals surface area contributed by atoms with Crippen molar-refractivity contribution in [2.75, 3.05) is 24.3 Å². The molecule has 5 nitrogen and oxygen atoms in total. The van der Waals surface area contributed by atoms with Gasteiger partial charge in [-0.05, 0) is 70.7 Å². The summed E-state index contributed by atoms with van der Waals surface area (Å²) in [5, 5.41) is 3.02. The van der Waals surface area contributed by atoms with Crippen LogP contribution in [0, 0.1) is 5.92 Å². The summed E-state index contributed by atoms with van der Waals surface area (Å²) in [5.41, 5.74) is 1.95. The molecule has 1 amide bonds. The lowest BCUT2D eigenvalue weighted by Gasteiger charge is -2.32. The lowest BCUT2D eigenvalue weighted by atomic mass is 9.86. The number of carbonyl (C=O) groups is 1. The maximum Gasteiger partial charge on any atom is 0.227 e. The Labute approximate surface area is 154 Å². The van der Waals surface area contributed by atoms with Gasteiger partial charge in [-0.15, -0.1) is 4.72 Å². The highest BCUT2D eigenvalue weighted by Crippen LogP contribution is 2.27. The Morgan fingerprint density at radius 2 is 1.68 bits per heavy atom. The van der Waals surface area contributed by atoms with Crippen LogP contribution in [0.5, 0.6) is 0 Å². The highest BCUT2D eigenvalue weighted by molar-refractivity contribution is 7.90. The van der Waals surface area contributed by atoms with Gasteiger partial charge < -0.3 is 14.8 Å². The van der Waals surface area contributed by atoms with Crippen LogP contribution in [0.25, 0.3) is 0 Å². The van der Waals surface area contributed by atoms with Gasteiger partial charge in [0, 0.05) is 42.7 Å². The third-order valence-electron chi connectivity index (χ3n) is 4.58. The summed E-state index contributed by atoms with van der Waals surface area (Å²) in [6.07, 6.45) is 3.44. The Morgan fingerprint density at radius 3 is 2.16 bits per heavy atom. The molecule has 1 saturated carbocycles. The first-order chi connectivity index (χ1) is 11.7. The van der Waals surface area contributed by atoms with Gasteiger partial charge in [-0.2, -0.15) is 0 Å². The standard InChI is InChI=1S/C19H31N3O2S/c1-19(2,3)25(24)21-16-8-6-14(7-9-16)18(23)20-15-10-12-17(13-11-15)22(4)5/h10-14,16,21H,6-9H2,1-5H3,(H,20,23). The second-order valence-corrected chi connectivity index (χ2v) is 9.98. The van der Waals surface area contributed by atoms with E-state index in [2.05, 4.69) is 10.0 Å². The topological polar surface area (TPSA) is 67.4 Å². The van der Waals surface area contributed by atoms with E-state index >= 15 is 0 Å². The van der Waals surface area contributed by atoms with E-state index in [9.17, 15) is 9.35 Å². The van der Waals surface area contributed by atoms with Crippen molar-refractivity contribution in [2.45, 2.75) is 57.2 Å². The molecule has 0 saturated heterocycles. The number of anilines is 2. The molecule has 0 bridgehead atoms. The van der Waals surface area contributed by atoms with Crippen LogP contribution in [0.15, 0.2) is 24.3 Å². The SMILES string of the molecule is CN(C)c1ccc(NC(=O)C2CCC(N[S+]([O-])C(C)(C)C)CC2)cc1. The second kappa shape index (κ2) is 8.43. The van der Waals surface area contributed by atoms with Gasteiger partial charge in [-0.1, -0.05) is 0 Å². The fraction of sp³-hybridized carbons (Fsp3) is 0.632. The van der Waals surface area contributed by atoms with E-state index in [4.69, 9.17) is 0 Å². The number of benzene rings is 1. The van der Waals surface area contributed by atoms with Crippen LogP contribution >= 0.6 is 0 Å². The van der Waals surface area contributed by atoms with Gasteiger partial charge in [0.25, 0.3) is 0 Å². The molecular weight excluding hydrogens is 334 g/mol. The van der Waals surface area contributed by atoms with Crippen LogP contribution in [-0.2, 0) is 16.2 Å². The minimum atomic E-state index is -1.05. The summed E-state index contributed by atoms with van der Waals surface area (Å²) in [6, 6.07) is 8.11. The number of nitrogens with zero attached hydrogens (tertiary/aromatic N) is 1. The minimum Gasteiger partial charge on any atom is -0.598 e. The summed E-state index contributed by atoms with van der Waals surface area (Å²) in [6.45, 7) is 5.91. The quantitative estimate of drug-likeness (QED) is 0.786. The van der Waals surface area contributed by atoms with Crippen molar-refractivity contribution in [3.05, 3.63) is 24.3 Å². The molecular formula is C19H31N3O2S. The molecule has 1 atom stereocenters. The molecule has 25 heavy (non-hydrogen) atoms. The van der Waals surface area contributed by atoms with Gasteiger partial charge in [0.2, 0.25) is 5.91 Å². The average Bonchev–Trinajstić information content (AvgIpc) is 2.55. The molecule has 140 valence electrons. The summed E-state index contributed by atoms with van der Waals surface area (Å²) >= 11 is -1.05. The molecule has 0 aliphatic heterocycles. The van der Waals surface area contributed by atoms with Crippen LogP contribution in [0.2, 0.25) is 0 Å². The summed E-state index contributed by atoms with van der Waals surface area (Å²) in [4.78, 5) is 14.5. The fourth-order valence-corrected chi connectivity index (χ4v) is 3.78. The summed E-state index contributed by atoms with van der Waals surface area (Å²) in [5.74, 6) is 0.127. The van der Waals surface area contributed by atoms with Gasteiger partial charge in [-0.3, -0.25) is 4.79 Å². The van der Waals surface area contributed by atoms with Crippen LogP contribution < -0.4 is 14.9 Å². The minimum absolute atomic E-state index is 0.0367. The highest BCUT2D eigenvalue weighted by Gasteiger charge is 2.32. The molecule has 6 heteroatoms. The molecule has 1 aliphatic rings. The van der Waals surface area contributed by atoms with E-state index in [1.54, 1.807) is 0 Å². The van der Waals surface area contributed by atoms with Gasteiger partial charge >= 0.3 is 0 Å². The van der Waals surface area contributed by atoms with Crippen LogP contribution in [-0.4, -0.2) is 35.3 Å². The Bertz CT molecular complexity index is 561. The van der Waals surface area contributed by atoms with E-state index in [0.717, 1.165) is 37.1 Å². The molecule has 0 radical (unpaired) electrons. The number of hydrogen-bond acceptors (Lipinski definition) is 4. The van der Waals surface area contributed by atoms with Crippen molar-refractivity contribution in [1.82, 2.24) is 4.72 Å². The molecule has 1 aromatic rings. The normalized spacial score (nSPS) is 22.3. The molecule has 2 rings (SSSR count). The van der Waals surface area contributed by atoms with Crippen LogP contribution in [0.1, 0.15) is 46.5 Å². The van der Waals surface area contributed by atoms with Crippen LogP contribution in [0.3, 0.4) is 0 Å². The first-order valence-electron chi connectivity index (χ1n) is 8.93. The monoisotopic (exact) mass is 365 g/mol. The lowest BCUT2D eigenvalue weighted by molar-refractivity contribution is -0.120. The highest BCUT2D eigenvalue weighted by atomic mass is 32.2. The Balaban J connectivity index is 1.81. The first-order valence-corrected chi connectivity index (χ1v) is 10.1. The molecule has 1 aromatic carbocycles. The molecule has 0 aromatic heterocycles. The maximum atomic E-state index is 12.5. The van der Waals surface area contributed by atoms with E-state index in [1.165, 1.54) is 0 Å². The number of rotatable bonds is 5. The van der Waals surface area contributed by atoms with Crippen molar-refractivity contribution in [2.24, 2.45) is 5.92 Å². The smallest absolute Gasteiger partial charge is 0.227 e. The van der Waals surface area contributed by atoms with E-state index < -0.39 is 11.4 Å². The van der Waals surface area contributed by atoms with Crippen molar-refractivity contribution >= 4 is 28.6 Å². The Morgan fingerprint density at radius 1 is 1.12 bits per heavy atom. The molecule has 2 N–H and O–H groups in total. The molecule has 1 aliphatic carbocycles. The maximum absolute atomic E-state index is 12.5. The van der Waals surface area contributed by atoms with Gasteiger partial charge in [0.1, 0.15) is 4.75 Å². The summed E-state index contributed by atoms with van der Waals surface area (Å²) < 4.78 is 15.1. The summed E-state index contributed by atoms with van der Waals surface area (Å²) in [7, 11) is 3.99. The number of nitrogens with one attached hydrogen (secondary N) is 2. The predicted molar refractivity (Wildman–Crippen MR) is 106 cm³/mol. The lowest BCUT2D eigenvalue weighted by Crippen LogP contribution is -2.46. The third kappa shape index (κ3) is 5.90. The van der Waals surface area contributed by atoms with Crippen molar-refractivity contribution in [3.63, 3.8) is 0 Å². The molecule has 0 spiro atoms. The molecule has 0 heterocycles. The number of amides is 1. The Kier molecular flexibility index (Phi) is 6.77. The fourth-order valence-electron chi connectivity index (χ4n) is 2.89. The molecule has 1 unspecified atom stereocenters. The van der Waals surface area contributed by atoms with E-state index in [1.807, 2.05) is 64.0 Å². The van der Waals surface area contributed by atoms with Crippen LogP contribution in [0.4, 0.5) is 11.4 Å². The first kappa shape index (κ1) is 20.1. The van der Waals surface area contributed by atoms with Crippen molar-refractivity contribution < 1.29 is 9.35 Å². The predicted octanol–water partition coefficient (Wildman–Crippen LogP) is 3.30. The zero-order valence-corrected chi connectivity index (χ0v) is 16.8. The molecule has 1 fully saturated rings. The zero-order chi connectivity index (χ0) is 18.6. The van der Waals surface area contributed by atoms with Crippen molar-refractivity contribution in [1.29, 1.82) is 0 Å². The zero-order valence-electron chi connectivity index (χ0n) is 16.0. The second-order valence-electron chi connectivity index (χ2n) is 7.98. The van der Waals surface area contributed by atoms with Crippen molar-refractivity contribution in [3.8, 4) is 0 Å². The third-order valence-corrected chi connectivity index (χ3v) is 6.24. The van der Waals surface area contributed by atoms with E-state index in [0.29, 0.717) is 0 Å². The number of hydrogen-bond donors (Lipinski definition) is 2. The van der Waals surface area contributed by atoms with Gasteiger partial charge in [0.15, 0.2) is 0 Å². The van der Waals surface area contributed by atoms with Gasteiger partial charge in [-0.25, -0.2) is 0 Å². The van der Waals surface area contributed by atoms with Gasteiger partial charge in [0.05, 0.1) is 6.04 Å². The average molecular weight is 366 g/mol. The number of carbonyl (C=O) groups excluding carboxylic acids is 1. The largest absolute Gasteiger partial charge is 0.598 e. The Hall–Kier alpha value is -1.24. The van der Waals surface area contributed by atoms with E-state index in [-0.39, 0.29) is 22.6 Å².